The summed E-state index contributed by atoms with van der Waals surface area (Å²) in [5.74, 6) is 3.07. The van der Waals surface area contributed by atoms with E-state index in [4.69, 9.17) is 4.74 Å². The summed E-state index contributed by atoms with van der Waals surface area (Å²) in [6.07, 6.45) is 4.32. The van der Waals surface area contributed by atoms with E-state index in [0.29, 0.717) is 11.8 Å². The molecule has 2 nitrogen and oxygen atoms in total. The SMILES string of the molecule is CCCC(C)(C)OC(=O)C1CC2CC1C(C)C2C. The summed E-state index contributed by atoms with van der Waals surface area (Å²) in [6, 6.07) is 0. The number of carbonyl (C=O) groups excluding carboxylic acids is 1. The number of rotatable bonds is 4. The fourth-order valence-corrected chi connectivity index (χ4v) is 4.21. The number of fused-ring (bicyclic) bond motifs is 2. The number of carbonyl (C=O) groups is 1. The molecule has 18 heavy (non-hydrogen) atoms. The molecule has 0 aromatic rings. The first-order valence-corrected chi connectivity index (χ1v) is 7.58. The van der Waals surface area contributed by atoms with Crippen LogP contribution in [-0.2, 0) is 9.53 Å². The van der Waals surface area contributed by atoms with Gasteiger partial charge in [-0.3, -0.25) is 4.79 Å². The van der Waals surface area contributed by atoms with Gasteiger partial charge in [-0.25, -0.2) is 0 Å². The van der Waals surface area contributed by atoms with E-state index in [0.717, 1.165) is 31.1 Å². The second kappa shape index (κ2) is 4.86. The van der Waals surface area contributed by atoms with Gasteiger partial charge in [-0.15, -0.1) is 0 Å². The third-order valence-electron chi connectivity index (χ3n) is 5.43. The predicted molar refractivity (Wildman–Crippen MR) is 73.1 cm³/mol. The molecule has 5 atom stereocenters. The number of esters is 1. The van der Waals surface area contributed by atoms with Gasteiger partial charge in [0.1, 0.15) is 5.60 Å². The number of hydrogen-bond donors (Lipinski definition) is 0. The van der Waals surface area contributed by atoms with Gasteiger partial charge >= 0.3 is 5.97 Å². The topological polar surface area (TPSA) is 26.3 Å². The van der Waals surface area contributed by atoms with Crippen molar-refractivity contribution in [2.24, 2.45) is 29.6 Å². The Morgan fingerprint density at radius 1 is 1.22 bits per heavy atom. The van der Waals surface area contributed by atoms with Crippen molar-refractivity contribution >= 4 is 5.97 Å². The Balaban J connectivity index is 1.96. The van der Waals surface area contributed by atoms with Crippen molar-refractivity contribution in [3.8, 4) is 0 Å². The van der Waals surface area contributed by atoms with Crippen LogP contribution in [0.2, 0.25) is 0 Å². The zero-order valence-electron chi connectivity index (χ0n) is 12.5. The van der Waals surface area contributed by atoms with Crippen LogP contribution in [0, 0.1) is 29.6 Å². The molecule has 2 aliphatic carbocycles. The minimum Gasteiger partial charge on any atom is -0.459 e. The van der Waals surface area contributed by atoms with Crippen molar-refractivity contribution < 1.29 is 9.53 Å². The van der Waals surface area contributed by atoms with Gasteiger partial charge in [0.2, 0.25) is 0 Å². The second-order valence-electron chi connectivity index (χ2n) is 7.15. The lowest BCUT2D eigenvalue weighted by atomic mass is 9.76. The standard InChI is InChI=1S/C16H28O2/c1-6-7-16(4,5)18-15(17)14-9-12-8-13(14)11(3)10(12)2/h10-14H,6-9H2,1-5H3. The van der Waals surface area contributed by atoms with Crippen LogP contribution in [0.3, 0.4) is 0 Å². The van der Waals surface area contributed by atoms with Gasteiger partial charge < -0.3 is 4.74 Å². The molecule has 2 bridgehead atoms. The molecule has 2 rings (SSSR count). The maximum Gasteiger partial charge on any atom is 0.309 e. The molecule has 2 heteroatoms. The van der Waals surface area contributed by atoms with Crippen molar-refractivity contribution in [2.75, 3.05) is 0 Å². The third kappa shape index (κ3) is 2.44. The first-order chi connectivity index (χ1) is 8.35. The van der Waals surface area contributed by atoms with Crippen LogP contribution in [-0.4, -0.2) is 11.6 Å². The molecule has 0 N–H and O–H groups in total. The summed E-state index contributed by atoms with van der Waals surface area (Å²) in [5.41, 5.74) is -0.289. The smallest absolute Gasteiger partial charge is 0.309 e. The molecular formula is C16H28O2. The van der Waals surface area contributed by atoms with Gasteiger partial charge in [-0.05, 0) is 56.8 Å². The molecule has 5 unspecified atom stereocenters. The highest BCUT2D eigenvalue weighted by molar-refractivity contribution is 5.74. The van der Waals surface area contributed by atoms with Gasteiger partial charge in [-0.1, -0.05) is 27.2 Å². The molecule has 2 saturated carbocycles. The molecule has 0 aromatic heterocycles. The van der Waals surface area contributed by atoms with Crippen LogP contribution in [0.1, 0.15) is 60.3 Å². The van der Waals surface area contributed by atoms with E-state index in [-0.39, 0.29) is 17.5 Å². The highest BCUT2D eigenvalue weighted by atomic mass is 16.6. The third-order valence-corrected chi connectivity index (χ3v) is 5.43. The van der Waals surface area contributed by atoms with Gasteiger partial charge in [0, 0.05) is 0 Å². The van der Waals surface area contributed by atoms with Crippen molar-refractivity contribution in [2.45, 2.75) is 65.9 Å². The van der Waals surface area contributed by atoms with E-state index in [9.17, 15) is 4.79 Å². The summed E-state index contributed by atoms with van der Waals surface area (Å²) in [7, 11) is 0. The molecule has 0 heterocycles. The predicted octanol–water partition coefficient (Wildman–Crippen LogP) is 4.04. The minimum absolute atomic E-state index is 0.0692. The fourth-order valence-electron chi connectivity index (χ4n) is 4.21. The lowest BCUT2D eigenvalue weighted by Crippen LogP contribution is -2.36. The van der Waals surface area contributed by atoms with Gasteiger partial charge in [-0.2, -0.15) is 0 Å². The van der Waals surface area contributed by atoms with E-state index in [1.54, 1.807) is 0 Å². The Morgan fingerprint density at radius 3 is 2.39 bits per heavy atom. The molecule has 0 aliphatic heterocycles. The molecule has 0 saturated heterocycles. The van der Waals surface area contributed by atoms with Crippen LogP contribution in [0.4, 0.5) is 0 Å². The fraction of sp³-hybridized carbons (Fsp3) is 0.938. The Bertz CT molecular complexity index is 319. The zero-order chi connectivity index (χ0) is 13.5. The van der Waals surface area contributed by atoms with Crippen molar-refractivity contribution in [3.05, 3.63) is 0 Å². The quantitative estimate of drug-likeness (QED) is 0.706. The summed E-state index contributed by atoms with van der Waals surface area (Å²) in [4.78, 5) is 12.4. The van der Waals surface area contributed by atoms with Gasteiger partial charge in [0.25, 0.3) is 0 Å². The highest BCUT2D eigenvalue weighted by Gasteiger charge is 2.52. The summed E-state index contributed by atoms with van der Waals surface area (Å²) < 4.78 is 5.76. The first kappa shape index (κ1) is 13.9. The van der Waals surface area contributed by atoms with E-state index in [1.807, 2.05) is 13.8 Å². The summed E-state index contributed by atoms with van der Waals surface area (Å²) >= 11 is 0. The van der Waals surface area contributed by atoms with E-state index in [2.05, 4.69) is 20.8 Å². The van der Waals surface area contributed by atoms with Gasteiger partial charge in [0.15, 0.2) is 0 Å². The lowest BCUT2D eigenvalue weighted by molar-refractivity contribution is -0.165. The Hall–Kier alpha value is -0.530. The van der Waals surface area contributed by atoms with Crippen LogP contribution >= 0.6 is 0 Å². The Kier molecular flexibility index (Phi) is 3.75. The molecule has 2 fully saturated rings. The van der Waals surface area contributed by atoms with Crippen LogP contribution in [0.25, 0.3) is 0 Å². The van der Waals surface area contributed by atoms with E-state index >= 15 is 0 Å². The monoisotopic (exact) mass is 252 g/mol. The maximum atomic E-state index is 12.4. The summed E-state index contributed by atoms with van der Waals surface area (Å²) in [6.45, 7) is 10.9. The van der Waals surface area contributed by atoms with Crippen molar-refractivity contribution in [1.82, 2.24) is 0 Å². The van der Waals surface area contributed by atoms with Crippen LogP contribution in [0.5, 0.6) is 0 Å². The molecule has 104 valence electrons. The van der Waals surface area contributed by atoms with Gasteiger partial charge in [0.05, 0.1) is 5.92 Å². The maximum absolute atomic E-state index is 12.4. The second-order valence-corrected chi connectivity index (χ2v) is 7.15. The minimum atomic E-state index is -0.289. The Labute approximate surface area is 111 Å². The largest absolute Gasteiger partial charge is 0.459 e. The normalized spacial score (nSPS) is 39.1. The number of hydrogen-bond acceptors (Lipinski definition) is 2. The zero-order valence-corrected chi connectivity index (χ0v) is 12.5. The van der Waals surface area contributed by atoms with Crippen molar-refractivity contribution in [3.63, 3.8) is 0 Å². The molecule has 0 radical (unpaired) electrons. The molecule has 2 aliphatic rings. The molecule has 0 amide bonds. The first-order valence-electron chi connectivity index (χ1n) is 7.58. The Morgan fingerprint density at radius 2 is 1.89 bits per heavy atom. The average Bonchev–Trinajstić information content (AvgIpc) is 2.79. The van der Waals surface area contributed by atoms with Crippen molar-refractivity contribution in [1.29, 1.82) is 0 Å². The average molecular weight is 252 g/mol. The molecular weight excluding hydrogens is 224 g/mol. The molecule has 0 aromatic carbocycles. The highest BCUT2D eigenvalue weighted by Crippen LogP contribution is 2.55. The van der Waals surface area contributed by atoms with E-state index < -0.39 is 0 Å². The van der Waals surface area contributed by atoms with E-state index in [1.165, 1.54) is 6.42 Å². The summed E-state index contributed by atoms with van der Waals surface area (Å²) in [5, 5.41) is 0. The molecule has 0 spiro atoms. The van der Waals surface area contributed by atoms with Crippen LogP contribution in [0.15, 0.2) is 0 Å². The van der Waals surface area contributed by atoms with Crippen LogP contribution < -0.4 is 0 Å². The number of ether oxygens (including phenoxy) is 1. The lowest BCUT2D eigenvalue weighted by Gasteiger charge is -2.33.